The van der Waals surface area contributed by atoms with Gasteiger partial charge in [0.25, 0.3) is 0 Å². The number of ether oxygens (including phenoxy) is 2. The summed E-state index contributed by atoms with van der Waals surface area (Å²) in [7, 11) is 0. The molecule has 0 saturated carbocycles. The average Bonchev–Trinajstić information content (AvgIpc) is 3.99. The van der Waals surface area contributed by atoms with Crippen molar-refractivity contribution in [2.75, 3.05) is 63.8 Å². The lowest BCUT2D eigenvalue weighted by Crippen LogP contribution is -2.37. The molecule has 4 aromatic rings. The largest absolute Gasteiger partial charge is 0.442 e. The third-order valence-corrected chi connectivity index (χ3v) is 7.75. The summed E-state index contributed by atoms with van der Waals surface area (Å²) in [6.45, 7) is 4.42. The molecule has 2 fully saturated rings. The Morgan fingerprint density at radius 3 is 1.91 bits per heavy atom. The molecule has 2 atom stereocenters. The highest BCUT2D eigenvalue weighted by Gasteiger charge is 2.34. The second-order valence-corrected chi connectivity index (χ2v) is 12.9. The third kappa shape index (κ3) is 10.8. The van der Waals surface area contributed by atoms with Crippen LogP contribution >= 0.6 is 22.6 Å². The molecule has 3 aliphatic rings. The van der Waals surface area contributed by atoms with Gasteiger partial charge in [-0.2, -0.15) is 5.10 Å². The first-order valence-electron chi connectivity index (χ1n) is 16.4. The van der Waals surface area contributed by atoms with E-state index in [-0.39, 0.29) is 38.9 Å². The summed E-state index contributed by atoms with van der Waals surface area (Å²) in [5, 5.41) is 31.7. The third-order valence-electron chi connectivity index (χ3n) is 7.75. The summed E-state index contributed by atoms with van der Waals surface area (Å²) in [6, 6.07) is 8.93. The number of aliphatic hydroxyl groups excluding tert-OH is 1. The molecular weight excluding hydrogens is 825 g/mol. The molecule has 2 N–H and O–H groups in total. The maximum atomic E-state index is 14.6. The fraction of sp³-hybridized carbons (Fsp3) is 0.394. The Morgan fingerprint density at radius 1 is 0.907 bits per heavy atom. The van der Waals surface area contributed by atoms with Crippen LogP contribution in [0.1, 0.15) is 14.4 Å². The molecule has 0 bridgehead atoms. The molecule has 0 aliphatic carbocycles. The van der Waals surface area contributed by atoms with Crippen molar-refractivity contribution >= 4 is 70.3 Å². The highest BCUT2D eigenvalue weighted by molar-refractivity contribution is 14.1. The van der Waals surface area contributed by atoms with Crippen LogP contribution in [0.4, 0.5) is 41.1 Å². The number of anilines is 4. The van der Waals surface area contributed by atoms with Gasteiger partial charge >= 0.3 is 12.2 Å². The van der Waals surface area contributed by atoms with E-state index in [0.717, 1.165) is 0 Å². The van der Waals surface area contributed by atoms with E-state index in [1.54, 1.807) is 57.2 Å². The van der Waals surface area contributed by atoms with Gasteiger partial charge in [-0.15, -0.1) is 10.2 Å². The van der Waals surface area contributed by atoms with Gasteiger partial charge in [-0.1, -0.05) is 47.4 Å². The second kappa shape index (κ2) is 20.1. The van der Waals surface area contributed by atoms with Gasteiger partial charge in [0.1, 0.15) is 30.2 Å². The zero-order chi connectivity index (χ0) is 37.7. The number of hydrogen-bond donors (Lipinski definition) is 2. The summed E-state index contributed by atoms with van der Waals surface area (Å²) in [5.41, 5.74) is 1.42. The lowest BCUT2D eigenvalue weighted by molar-refractivity contribution is -0.118. The van der Waals surface area contributed by atoms with Crippen molar-refractivity contribution in [1.29, 1.82) is 0 Å². The Morgan fingerprint density at radius 2 is 1.46 bits per heavy atom. The van der Waals surface area contributed by atoms with Crippen molar-refractivity contribution in [3.63, 3.8) is 0 Å². The summed E-state index contributed by atoms with van der Waals surface area (Å²) < 4.78 is 43.6. The number of aliphatic hydroxyl groups is 1. The topological polar surface area (TPSA) is 189 Å². The first-order chi connectivity index (χ1) is 25.7. The van der Waals surface area contributed by atoms with Crippen molar-refractivity contribution in [2.45, 2.75) is 39.6 Å². The molecule has 3 aliphatic heterocycles. The average molecular weight is 867 g/mol. The van der Waals surface area contributed by atoms with Crippen molar-refractivity contribution in [3.05, 3.63) is 72.8 Å². The van der Waals surface area contributed by atoms with Gasteiger partial charge in [-0.25, -0.2) is 32.7 Å². The van der Waals surface area contributed by atoms with E-state index in [4.69, 9.17) is 14.6 Å². The van der Waals surface area contributed by atoms with E-state index in [9.17, 15) is 23.2 Å². The zero-order valence-corrected chi connectivity index (χ0v) is 30.6. The number of hydrogen-bond acceptors (Lipinski definition) is 13. The predicted octanol–water partition coefficient (Wildman–Crippen LogP) is 3.59. The van der Waals surface area contributed by atoms with Crippen LogP contribution in [-0.4, -0.2) is 121 Å². The fourth-order valence-corrected chi connectivity index (χ4v) is 5.35. The molecule has 0 radical (unpaired) electrons. The van der Waals surface area contributed by atoms with Crippen molar-refractivity contribution in [1.82, 2.24) is 35.0 Å². The SMILES string of the molecule is C.CCI.O=C1O[C@@H](Cn2ccnn2)CN1c1ccc(NCCO)c(F)c1.O=CN1CCN(c2ccc(N3C[C@H](Cn4ccnn4)OC3=O)cc2F)C=N1. The van der Waals surface area contributed by atoms with Crippen LogP contribution < -0.4 is 20.0 Å². The maximum absolute atomic E-state index is 14.6. The summed E-state index contributed by atoms with van der Waals surface area (Å²) in [6.07, 6.45) is 6.62. The van der Waals surface area contributed by atoms with E-state index in [0.29, 0.717) is 56.2 Å². The van der Waals surface area contributed by atoms with Crippen LogP contribution in [-0.2, 0) is 27.4 Å². The maximum Gasteiger partial charge on any atom is 0.414 e. The minimum absolute atomic E-state index is 0. The summed E-state index contributed by atoms with van der Waals surface area (Å²) in [5.74, 6) is -0.991. The molecule has 21 heteroatoms. The Kier molecular flexibility index (Phi) is 15.4. The summed E-state index contributed by atoms with van der Waals surface area (Å²) >= 11 is 2.29. The van der Waals surface area contributed by atoms with Crippen LogP contribution in [0.25, 0.3) is 0 Å². The number of rotatable bonds is 11. The van der Waals surface area contributed by atoms with E-state index in [2.05, 4.69) is 60.6 Å². The van der Waals surface area contributed by atoms with Crippen molar-refractivity contribution in [2.24, 2.45) is 5.10 Å². The van der Waals surface area contributed by atoms with E-state index < -0.39 is 29.9 Å². The number of halogens is 3. The van der Waals surface area contributed by atoms with Gasteiger partial charge in [0.15, 0.2) is 0 Å². The highest BCUT2D eigenvalue weighted by atomic mass is 127. The standard InChI is InChI=1S/C16H16FN7O3.C14H16FN5O3.C2H5I.CH4/c17-14-7-12(1-2-15(14)21-5-6-23(11-25)19-10-21)24-9-13(27-16(24)26)8-22-4-3-18-20-22;15-12-7-10(1-2-13(12)16-4-6-21)20-9-11(23-14(20)22)8-19-5-3-17-18-19;1-2-3;/h1-4,7,10-11,13H,5-6,8-9H2;1-3,5,7,11,16,21H,4,6,8-9H2;2H2,1H3;1H4/t13-;11-;;/m00../s1. The number of nitrogens with one attached hydrogen (secondary N) is 1. The highest BCUT2D eigenvalue weighted by Crippen LogP contribution is 2.29. The Hall–Kier alpha value is -5.45. The number of benzene rings is 2. The van der Waals surface area contributed by atoms with Gasteiger partial charge in [0.2, 0.25) is 6.41 Å². The van der Waals surface area contributed by atoms with Gasteiger partial charge < -0.3 is 24.8 Å². The molecule has 2 aromatic carbocycles. The van der Waals surface area contributed by atoms with Gasteiger partial charge in [0.05, 0.1) is 74.5 Å². The van der Waals surface area contributed by atoms with Crippen LogP contribution in [0.15, 0.2) is 66.3 Å². The minimum Gasteiger partial charge on any atom is -0.442 e. The lowest BCUT2D eigenvalue weighted by Gasteiger charge is -2.27. The number of amides is 3. The number of nitrogens with zero attached hydrogens (tertiary/aromatic N) is 11. The molecule has 2 aromatic heterocycles. The number of aromatic nitrogens is 6. The molecule has 54 heavy (non-hydrogen) atoms. The Balaban J connectivity index is 0.000000223. The Bertz CT molecular complexity index is 1840. The zero-order valence-electron chi connectivity index (χ0n) is 28.5. The normalized spacial score (nSPS) is 17.5. The van der Waals surface area contributed by atoms with Gasteiger partial charge in [-0.05, 0) is 40.8 Å². The monoisotopic (exact) mass is 866 g/mol. The molecule has 0 unspecified atom stereocenters. The van der Waals surface area contributed by atoms with Gasteiger partial charge in [-0.3, -0.25) is 14.6 Å². The van der Waals surface area contributed by atoms with Crippen LogP contribution in [0.2, 0.25) is 0 Å². The lowest BCUT2D eigenvalue weighted by atomic mass is 10.2. The number of carbonyl (C=O) groups excluding carboxylic acids is 3. The van der Waals surface area contributed by atoms with E-state index in [1.807, 2.05) is 0 Å². The van der Waals surface area contributed by atoms with Gasteiger partial charge in [0, 0.05) is 25.5 Å². The number of hydrazone groups is 1. The fourth-order valence-electron chi connectivity index (χ4n) is 5.35. The number of carbonyl (C=O) groups is 3. The first-order valence-corrected chi connectivity index (χ1v) is 17.9. The predicted molar refractivity (Wildman–Crippen MR) is 204 cm³/mol. The van der Waals surface area contributed by atoms with Crippen molar-refractivity contribution in [3.8, 4) is 0 Å². The second-order valence-electron chi connectivity index (χ2n) is 11.4. The molecule has 3 amide bonds. The quantitative estimate of drug-likeness (QED) is 0.127. The summed E-state index contributed by atoms with van der Waals surface area (Å²) in [4.78, 5) is 39.2. The van der Waals surface area contributed by atoms with E-state index in [1.165, 1.54) is 43.8 Å². The smallest absolute Gasteiger partial charge is 0.414 e. The molecular formula is C33H41F2IN12O6. The van der Waals surface area contributed by atoms with Crippen LogP contribution in [0.5, 0.6) is 0 Å². The first kappa shape index (κ1) is 41.3. The molecule has 0 spiro atoms. The van der Waals surface area contributed by atoms with Crippen molar-refractivity contribution < 1.29 is 37.7 Å². The minimum atomic E-state index is -0.534. The number of alkyl halides is 1. The van der Waals surface area contributed by atoms with E-state index >= 15 is 0 Å². The molecule has 2 saturated heterocycles. The number of cyclic esters (lactones) is 2. The van der Waals surface area contributed by atoms with Crippen LogP contribution in [0, 0.1) is 11.6 Å². The Labute approximate surface area is 323 Å². The van der Waals surface area contributed by atoms with Crippen LogP contribution in [0.3, 0.4) is 0 Å². The molecule has 5 heterocycles. The molecule has 18 nitrogen and oxygen atoms in total. The molecule has 290 valence electrons. The molecule has 7 rings (SSSR count).